The molecule has 1 atom stereocenters. The van der Waals surface area contributed by atoms with E-state index in [1.165, 1.54) is 0 Å². The Morgan fingerprint density at radius 2 is 2.19 bits per heavy atom. The van der Waals surface area contributed by atoms with E-state index in [1.54, 1.807) is 16.8 Å². The molecule has 21 heavy (non-hydrogen) atoms. The molecule has 2 aromatic heterocycles. The molecule has 0 bridgehead atoms. The smallest absolute Gasteiger partial charge is 0.287 e. The molecule has 0 aliphatic heterocycles. The Morgan fingerprint density at radius 3 is 2.76 bits per heavy atom. The molecule has 0 aliphatic carbocycles. The number of furan rings is 1. The minimum absolute atomic E-state index is 0.126. The molecular weight excluding hydrogens is 290 g/mol. The van der Waals surface area contributed by atoms with Gasteiger partial charge in [-0.05, 0) is 39.3 Å². The van der Waals surface area contributed by atoms with Crippen molar-refractivity contribution in [1.82, 2.24) is 15.1 Å². The summed E-state index contributed by atoms with van der Waals surface area (Å²) in [4.78, 5) is 12.0. The summed E-state index contributed by atoms with van der Waals surface area (Å²) >= 11 is 6.12. The summed E-state index contributed by atoms with van der Waals surface area (Å²) in [6, 6.07) is 3.59. The van der Waals surface area contributed by atoms with Crippen molar-refractivity contribution < 1.29 is 9.21 Å². The lowest BCUT2D eigenvalue weighted by Gasteiger charge is -2.09. The van der Waals surface area contributed by atoms with Crippen molar-refractivity contribution in [2.24, 2.45) is 0 Å². The number of hydrogen-bond acceptors (Lipinski definition) is 3. The van der Waals surface area contributed by atoms with Crippen molar-refractivity contribution >= 4 is 17.5 Å². The predicted octanol–water partition coefficient (Wildman–Crippen LogP) is 3.32. The van der Waals surface area contributed by atoms with Crippen molar-refractivity contribution in [3.63, 3.8) is 0 Å². The Hall–Kier alpha value is -1.75. The molecule has 114 valence electrons. The van der Waals surface area contributed by atoms with Crippen LogP contribution in [0, 0.1) is 13.8 Å². The molecule has 2 rings (SSSR count). The lowest BCUT2D eigenvalue weighted by Crippen LogP contribution is -2.31. The summed E-state index contributed by atoms with van der Waals surface area (Å²) < 4.78 is 7.35. The van der Waals surface area contributed by atoms with E-state index in [1.807, 2.05) is 27.7 Å². The van der Waals surface area contributed by atoms with E-state index >= 15 is 0 Å². The van der Waals surface area contributed by atoms with E-state index in [9.17, 15) is 4.79 Å². The maximum atomic E-state index is 12.0. The fourth-order valence-electron chi connectivity index (χ4n) is 1.96. The van der Waals surface area contributed by atoms with Crippen LogP contribution in [0.4, 0.5) is 0 Å². The van der Waals surface area contributed by atoms with E-state index in [0.717, 1.165) is 17.8 Å². The lowest BCUT2D eigenvalue weighted by atomic mass is 10.2. The van der Waals surface area contributed by atoms with Crippen LogP contribution >= 0.6 is 11.6 Å². The first kappa shape index (κ1) is 15.6. The van der Waals surface area contributed by atoms with Crippen LogP contribution in [0.3, 0.4) is 0 Å². The normalized spacial score (nSPS) is 12.4. The minimum atomic E-state index is -0.193. The van der Waals surface area contributed by atoms with Crippen LogP contribution in [0.15, 0.2) is 16.5 Å². The SMILES string of the molecule is CC[C@H](C)NC(=O)c1ccc(Cn2nc(C)c(Cl)c2C)o1. The maximum Gasteiger partial charge on any atom is 0.287 e. The molecule has 0 fully saturated rings. The van der Waals surface area contributed by atoms with E-state index in [4.69, 9.17) is 16.0 Å². The third kappa shape index (κ3) is 3.47. The highest BCUT2D eigenvalue weighted by atomic mass is 35.5. The highest BCUT2D eigenvalue weighted by molar-refractivity contribution is 6.31. The van der Waals surface area contributed by atoms with Gasteiger partial charge in [-0.25, -0.2) is 0 Å². The van der Waals surface area contributed by atoms with Crippen molar-refractivity contribution in [3.05, 3.63) is 40.1 Å². The van der Waals surface area contributed by atoms with Crippen LogP contribution < -0.4 is 5.32 Å². The zero-order chi connectivity index (χ0) is 15.6. The summed E-state index contributed by atoms with van der Waals surface area (Å²) in [7, 11) is 0. The first-order chi connectivity index (χ1) is 9.92. The van der Waals surface area contributed by atoms with Gasteiger partial charge in [-0.1, -0.05) is 18.5 Å². The Morgan fingerprint density at radius 1 is 1.48 bits per heavy atom. The molecule has 0 aromatic carbocycles. The summed E-state index contributed by atoms with van der Waals surface area (Å²) in [6.45, 7) is 8.20. The molecule has 2 aromatic rings. The van der Waals surface area contributed by atoms with E-state index in [-0.39, 0.29) is 11.9 Å². The zero-order valence-corrected chi connectivity index (χ0v) is 13.5. The summed E-state index contributed by atoms with van der Waals surface area (Å²) in [6.07, 6.45) is 0.879. The fourth-order valence-corrected chi connectivity index (χ4v) is 2.09. The Kier molecular flexibility index (Phi) is 4.73. The standard InChI is InChI=1S/C15H20ClN3O2/c1-5-9(2)17-15(20)13-7-6-12(21-13)8-19-11(4)14(16)10(3)18-19/h6-7,9H,5,8H2,1-4H3,(H,17,20)/t9-/m0/s1. The second kappa shape index (κ2) is 6.35. The number of carbonyl (C=O) groups is 1. The number of nitrogens with one attached hydrogen (secondary N) is 1. The molecule has 0 aliphatic rings. The molecule has 1 N–H and O–H groups in total. The third-order valence-electron chi connectivity index (χ3n) is 3.47. The number of rotatable bonds is 5. The Balaban J connectivity index is 2.09. The molecule has 2 heterocycles. The van der Waals surface area contributed by atoms with Gasteiger partial charge in [-0.2, -0.15) is 5.10 Å². The number of carbonyl (C=O) groups excluding carboxylic acids is 1. The second-order valence-electron chi connectivity index (χ2n) is 5.19. The van der Waals surface area contributed by atoms with Gasteiger partial charge in [0.25, 0.3) is 5.91 Å². The highest BCUT2D eigenvalue weighted by Crippen LogP contribution is 2.20. The molecule has 5 nitrogen and oxygen atoms in total. The van der Waals surface area contributed by atoms with Crippen molar-refractivity contribution in [1.29, 1.82) is 0 Å². The Labute approximate surface area is 129 Å². The van der Waals surface area contributed by atoms with Gasteiger partial charge < -0.3 is 9.73 Å². The number of aryl methyl sites for hydroxylation is 1. The van der Waals surface area contributed by atoms with Crippen LogP contribution in [0.25, 0.3) is 0 Å². The largest absolute Gasteiger partial charge is 0.454 e. The molecule has 0 radical (unpaired) electrons. The zero-order valence-electron chi connectivity index (χ0n) is 12.7. The fraction of sp³-hybridized carbons (Fsp3) is 0.467. The van der Waals surface area contributed by atoms with Crippen LogP contribution in [0.2, 0.25) is 5.02 Å². The van der Waals surface area contributed by atoms with E-state index in [0.29, 0.717) is 23.1 Å². The second-order valence-corrected chi connectivity index (χ2v) is 5.57. The van der Waals surface area contributed by atoms with Gasteiger partial charge in [-0.3, -0.25) is 9.48 Å². The van der Waals surface area contributed by atoms with Crippen LogP contribution in [0.5, 0.6) is 0 Å². The van der Waals surface area contributed by atoms with E-state index in [2.05, 4.69) is 10.4 Å². The van der Waals surface area contributed by atoms with Crippen LogP contribution in [-0.4, -0.2) is 21.7 Å². The number of amides is 1. The number of halogens is 1. The summed E-state index contributed by atoms with van der Waals surface area (Å²) in [5, 5.41) is 7.88. The van der Waals surface area contributed by atoms with Crippen molar-refractivity contribution in [2.75, 3.05) is 0 Å². The first-order valence-corrected chi connectivity index (χ1v) is 7.39. The number of nitrogens with zero attached hydrogens (tertiary/aromatic N) is 2. The van der Waals surface area contributed by atoms with E-state index < -0.39 is 0 Å². The molecule has 0 saturated carbocycles. The highest BCUT2D eigenvalue weighted by Gasteiger charge is 2.15. The lowest BCUT2D eigenvalue weighted by molar-refractivity contribution is 0.0909. The number of aromatic nitrogens is 2. The average molecular weight is 310 g/mol. The van der Waals surface area contributed by atoms with Gasteiger partial charge in [0.2, 0.25) is 0 Å². The molecule has 6 heteroatoms. The average Bonchev–Trinajstić information content (AvgIpc) is 3.01. The first-order valence-electron chi connectivity index (χ1n) is 7.01. The van der Waals surface area contributed by atoms with Crippen LogP contribution in [0.1, 0.15) is 48.0 Å². The third-order valence-corrected chi connectivity index (χ3v) is 4.02. The van der Waals surface area contributed by atoms with Gasteiger partial charge in [0.05, 0.1) is 23.0 Å². The molecule has 0 spiro atoms. The minimum Gasteiger partial charge on any atom is -0.454 e. The van der Waals surface area contributed by atoms with Crippen molar-refractivity contribution in [2.45, 2.75) is 46.7 Å². The maximum absolute atomic E-state index is 12.0. The van der Waals surface area contributed by atoms with Gasteiger partial charge in [0, 0.05) is 6.04 Å². The predicted molar refractivity (Wildman–Crippen MR) is 81.7 cm³/mol. The van der Waals surface area contributed by atoms with Crippen molar-refractivity contribution in [3.8, 4) is 0 Å². The topological polar surface area (TPSA) is 60.1 Å². The Bertz CT molecular complexity index is 645. The number of hydrogen-bond donors (Lipinski definition) is 1. The van der Waals surface area contributed by atoms with Gasteiger partial charge in [-0.15, -0.1) is 0 Å². The molecule has 1 amide bonds. The monoisotopic (exact) mass is 309 g/mol. The molecular formula is C15H20ClN3O2. The summed E-state index contributed by atoms with van der Waals surface area (Å²) in [5.41, 5.74) is 1.67. The van der Waals surface area contributed by atoms with Gasteiger partial charge in [0.15, 0.2) is 5.76 Å². The van der Waals surface area contributed by atoms with Gasteiger partial charge >= 0.3 is 0 Å². The van der Waals surface area contributed by atoms with Crippen LogP contribution in [-0.2, 0) is 6.54 Å². The molecule has 0 unspecified atom stereocenters. The molecule has 0 saturated heterocycles. The van der Waals surface area contributed by atoms with Gasteiger partial charge in [0.1, 0.15) is 5.76 Å². The quantitative estimate of drug-likeness (QED) is 0.921. The summed E-state index contributed by atoms with van der Waals surface area (Å²) in [5.74, 6) is 0.798.